The highest BCUT2D eigenvalue weighted by Crippen LogP contribution is 2.41. The summed E-state index contributed by atoms with van der Waals surface area (Å²) in [7, 11) is 5.38. The van der Waals surface area contributed by atoms with Gasteiger partial charge in [0.25, 0.3) is 0 Å². The summed E-state index contributed by atoms with van der Waals surface area (Å²) in [4.78, 5) is 0. The fourth-order valence-corrected chi connectivity index (χ4v) is 4.67. The third kappa shape index (κ3) is 6.22. The molecule has 3 nitrogen and oxygen atoms in total. The first kappa shape index (κ1) is 19.5. The third-order valence-corrected chi connectivity index (χ3v) is 6.47. The van der Waals surface area contributed by atoms with E-state index >= 15 is 0 Å². The van der Waals surface area contributed by atoms with Gasteiger partial charge in [0.05, 0.1) is 0 Å². The molecule has 6 atom stereocenters. The number of hydrogen-bond donors (Lipinski definition) is 1. The van der Waals surface area contributed by atoms with Gasteiger partial charge in [-0.3, -0.25) is 9.34 Å². The largest absolute Gasteiger partial charge is 0.316 e. The molecule has 0 aromatic rings. The zero-order valence-electron chi connectivity index (χ0n) is 14.5. The Morgan fingerprint density at radius 2 is 1.35 bits per heavy atom. The number of nitrogens with one attached hydrogen (secondary N) is 1. The van der Waals surface area contributed by atoms with Crippen molar-refractivity contribution in [3.05, 3.63) is 25.3 Å². The highest BCUT2D eigenvalue weighted by atomic mass is 31.0. The number of rotatable bonds is 4. The molecule has 4 fully saturated rings. The van der Waals surface area contributed by atoms with E-state index in [4.69, 9.17) is 0 Å². The molecule has 2 aliphatic carbocycles. The minimum absolute atomic E-state index is 0.899. The van der Waals surface area contributed by atoms with Gasteiger partial charge in [-0.05, 0) is 62.4 Å². The fraction of sp³-hybridized carbons (Fsp3) is 0.778. The lowest BCUT2D eigenvalue weighted by Crippen LogP contribution is -2.22. The molecule has 0 spiro atoms. The Kier molecular flexibility index (Phi) is 8.72. The molecular formula is C18H35N3P2. The monoisotopic (exact) mass is 355 g/mol. The van der Waals surface area contributed by atoms with Crippen LogP contribution in [-0.4, -0.2) is 48.6 Å². The van der Waals surface area contributed by atoms with Gasteiger partial charge in [-0.25, -0.2) is 0 Å². The van der Waals surface area contributed by atoms with E-state index in [1.165, 1.54) is 51.9 Å². The molecule has 2 aliphatic heterocycles. The second-order valence-electron chi connectivity index (χ2n) is 7.34. The minimum Gasteiger partial charge on any atom is -0.316 e. The van der Waals surface area contributed by atoms with Gasteiger partial charge in [-0.1, -0.05) is 30.9 Å². The molecule has 0 aromatic carbocycles. The Morgan fingerprint density at radius 1 is 0.913 bits per heavy atom. The molecule has 4 aliphatic rings. The Hall–Kier alpha value is 0.220. The molecule has 2 saturated carbocycles. The van der Waals surface area contributed by atoms with Crippen LogP contribution >= 0.6 is 18.8 Å². The van der Waals surface area contributed by atoms with Crippen LogP contribution in [0.15, 0.2) is 25.3 Å². The summed E-state index contributed by atoms with van der Waals surface area (Å²) in [5, 5.41) is 3.38. The summed E-state index contributed by atoms with van der Waals surface area (Å²) in [6.45, 7) is 14.3. The normalized spacial score (nSPS) is 33.9. The average Bonchev–Trinajstić information content (AvgIpc) is 2.94. The van der Waals surface area contributed by atoms with Crippen molar-refractivity contribution in [2.24, 2.45) is 23.7 Å². The quantitative estimate of drug-likeness (QED) is 0.617. The van der Waals surface area contributed by atoms with E-state index in [0.717, 1.165) is 36.8 Å². The SMILES string of the molecule is C1CC2CNCC12.C=CCN(P)CC=C.PN1CC2CCC2C1. The van der Waals surface area contributed by atoms with Crippen LogP contribution in [0.3, 0.4) is 0 Å². The highest BCUT2D eigenvalue weighted by Gasteiger charge is 2.37. The molecule has 132 valence electrons. The summed E-state index contributed by atoms with van der Waals surface area (Å²) in [5.74, 6) is 4.32. The lowest BCUT2D eigenvalue weighted by atomic mass is 9.77. The molecule has 0 amide bonds. The van der Waals surface area contributed by atoms with Crippen LogP contribution in [0.4, 0.5) is 0 Å². The Bertz CT molecular complexity index is 345. The molecule has 5 heteroatoms. The zero-order valence-corrected chi connectivity index (χ0v) is 16.8. The van der Waals surface area contributed by atoms with Crippen LogP contribution in [0, 0.1) is 23.7 Å². The summed E-state index contributed by atoms with van der Waals surface area (Å²) in [5.41, 5.74) is 0. The highest BCUT2D eigenvalue weighted by molar-refractivity contribution is 7.13. The minimum atomic E-state index is 0.899. The maximum atomic E-state index is 3.59. The van der Waals surface area contributed by atoms with Gasteiger partial charge in [-0.15, -0.1) is 13.2 Å². The van der Waals surface area contributed by atoms with Crippen molar-refractivity contribution in [1.29, 1.82) is 0 Å². The third-order valence-electron chi connectivity index (χ3n) is 5.63. The molecule has 0 aromatic heterocycles. The van der Waals surface area contributed by atoms with Gasteiger partial charge in [-0.2, -0.15) is 0 Å². The number of hydrogen-bond acceptors (Lipinski definition) is 3. The van der Waals surface area contributed by atoms with Gasteiger partial charge in [0.2, 0.25) is 0 Å². The maximum absolute atomic E-state index is 3.59. The molecule has 4 rings (SSSR count). The molecule has 1 N–H and O–H groups in total. The van der Waals surface area contributed by atoms with E-state index < -0.39 is 0 Å². The van der Waals surface area contributed by atoms with Crippen molar-refractivity contribution in [3.63, 3.8) is 0 Å². The van der Waals surface area contributed by atoms with E-state index in [2.05, 4.69) is 41.9 Å². The van der Waals surface area contributed by atoms with Crippen LogP contribution in [0.5, 0.6) is 0 Å². The van der Waals surface area contributed by atoms with Crippen molar-refractivity contribution in [3.8, 4) is 0 Å². The summed E-state index contributed by atoms with van der Waals surface area (Å²) >= 11 is 0. The zero-order chi connectivity index (χ0) is 16.7. The lowest BCUT2D eigenvalue weighted by Gasteiger charge is -2.28. The molecular weight excluding hydrogens is 320 g/mol. The lowest BCUT2D eigenvalue weighted by molar-refractivity contribution is 0.243. The molecule has 2 heterocycles. The van der Waals surface area contributed by atoms with Crippen LogP contribution in [-0.2, 0) is 0 Å². The topological polar surface area (TPSA) is 18.5 Å². The standard InChI is InChI=1S/2C6H12NP.C6H11N/c8-7-3-5-1-2-6(5)4-7;1-3-5-7(8)6-4-2;1-2-6-4-7-3-5(1)6/h5-6H,1-4,8H2;3-4H,1-2,5-6,8H2;5-7H,1-4H2. The smallest absolute Gasteiger partial charge is 0.0198 e. The van der Waals surface area contributed by atoms with Crippen molar-refractivity contribution in [1.82, 2.24) is 14.7 Å². The van der Waals surface area contributed by atoms with E-state index in [-0.39, 0.29) is 0 Å². The summed E-state index contributed by atoms with van der Waals surface area (Å²) in [6, 6.07) is 0. The van der Waals surface area contributed by atoms with E-state index in [0.29, 0.717) is 0 Å². The summed E-state index contributed by atoms with van der Waals surface area (Å²) in [6.07, 6.45) is 9.70. The van der Waals surface area contributed by atoms with E-state index in [9.17, 15) is 0 Å². The first-order chi connectivity index (χ1) is 11.1. The van der Waals surface area contributed by atoms with Crippen molar-refractivity contribution < 1.29 is 0 Å². The van der Waals surface area contributed by atoms with E-state index in [1.54, 1.807) is 0 Å². The van der Waals surface area contributed by atoms with Gasteiger partial charge >= 0.3 is 0 Å². The molecule has 0 radical (unpaired) electrons. The van der Waals surface area contributed by atoms with Crippen LogP contribution in [0.1, 0.15) is 25.7 Å². The molecule has 0 bridgehead atoms. The predicted molar refractivity (Wildman–Crippen MR) is 108 cm³/mol. The molecule has 2 saturated heterocycles. The average molecular weight is 355 g/mol. The fourth-order valence-electron chi connectivity index (χ4n) is 3.83. The first-order valence-corrected chi connectivity index (χ1v) is 10.1. The Balaban J connectivity index is 0.000000125. The molecule has 6 unspecified atom stereocenters. The van der Waals surface area contributed by atoms with Crippen LogP contribution in [0.25, 0.3) is 0 Å². The summed E-state index contributed by atoms with van der Waals surface area (Å²) < 4.78 is 4.42. The second kappa shape index (κ2) is 10.3. The second-order valence-corrected chi connectivity index (χ2v) is 8.80. The number of fused-ring (bicyclic) bond motifs is 2. The van der Waals surface area contributed by atoms with Gasteiger partial charge < -0.3 is 5.32 Å². The number of nitrogens with zero attached hydrogens (tertiary/aromatic N) is 2. The van der Waals surface area contributed by atoms with Crippen molar-refractivity contribution in [2.45, 2.75) is 25.7 Å². The molecule has 23 heavy (non-hydrogen) atoms. The van der Waals surface area contributed by atoms with Gasteiger partial charge in [0, 0.05) is 26.2 Å². The first-order valence-electron chi connectivity index (χ1n) is 9.05. The van der Waals surface area contributed by atoms with Gasteiger partial charge in [0.1, 0.15) is 0 Å². The van der Waals surface area contributed by atoms with Gasteiger partial charge in [0.15, 0.2) is 0 Å². The van der Waals surface area contributed by atoms with E-state index in [1.807, 2.05) is 16.8 Å². The Morgan fingerprint density at radius 3 is 1.61 bits per heavy atom. The van der Waals surface area contributed by atoms with Crippen LogP contribution < -0.4 is 5.32 Å². The predicted octanol–water partition coefficient (Wildman–Crippen LogP) is 3.18. The van der Waals surface area contributed by atoms with Crippen LogP contribution in [0.2, 0.25) is 0 Å². The van der Waals surface area contributed by atoms with Crippen molar-refractivity contribution in [2.75, 3.05) is 39.3 Å². The Labute approximate surface area is 147 Å². The maximum Gasteiger partial charge on any atom is 0.0198 e. The van der Waals surface area contributed by atoms with Crippen molar-refractivity contribution >= 4 is 18.8 Å².